The number of thiophene rings is 1. The molecular weight excluding hydrogens is 186 g/mol. The summed E-state index contributed by atoms with van der Waals surface area (Å²) in [5.41, 5.74) is 0. The van der Waals surface area contributed by atoms with Gasteiger partial charge in [0.25, 0.3) is 0 Å². The molecule has 0 aromatic carbocycles. The third kappa shape index (κ3) is 3.29. The molecule has 13 heavy (non-hydrogen) atoms. The smallest absolute Gasteiger partial charge is 0.231 e. The Balaban J connectivity index is 2.45. The van der Waals surface area contributed by atoms with Crippen LogP contribution in [-0.4, -0.2) is 17.7 Å². The zero-order chi connectivity index (χ0) is 9.52. The van der Waals surface area contributed by atoms with E-state index >= 15 is 0 Å². The highest BCUT2D eigenvalue weighted by Gasteiger charge is 2.02. The van der Waals surface area contributed by atoms with E-state index in [1.165, 1.54) is 0 Å². The molecule has 0 bridgehead atoms. The normalized spacial score (nSPS) is 11.2. The molecular formula is C9H11NO2S. The molecule has 0 saturated heterocycles. The molecule has 0 amide bonds. The summed E-state index contributed by atoms with van der Waals surface area (Å²) in [4.78, 5) is 1.11. The topological polar surface area (TPSA) is 41.8 Å². The lowest BCUT2D eigenvalue weighted by Gasteiger charge is -2.02. The van der Waals surface area contributed by atoms with Crippen LogP contribution in [0.5, 0.6) is 0 Å². The van der Waals surface area contributed by atoms with Gasteiger partial charge in [0, 0.05) is 4.88 Å². The molecule has 0 aliphatic carbocycles. The van der Waals surface area contributed by atoms with E-state index in [0.717, 1.165) is 4.88 Å². The van der Waals surface area contributed by atoms with Crippen molar-refractivity contribution >= 4 is 17.2 Å². The van der Waals surface area contributed by atoms with Gasteiger partial charge in [0.15, 0.2) is 0 Å². The highest BCUT2D eigenvalue weighted by Crippen LogP contribution is 2.10. The van der Waals surface area contributed by atoms with Crippen molar-refractivity contribution in [2.24, 2.45) is 5.16 Å². The highest BCUT2D eigenvalue weighted by molar-refractivity contribution is 7.10. The van der Waals surface area contributed by atoms with E-state index in [2.05, 4.69) is 11.7 Å². The molecule has 1 aromatic rings. The van der Waals surface area contributed by atoms with Crippen LogP contribution in [0.3, 0.4) is 0 Å². The Kier molecular flexibility index (Phi) is 4.05. The zero-order valence-corrected chi connectivity index (χ0v) is 7.96. The largest absolute Gasteiger partial charge is 0.474 e. The van der Waals surface area contributed by atoms with Crippen molar-refractivity contribution in [1.29, 1.82) is 0 Å². The van der Waals surface area contributed by atoms with Crippen LogP contribution in [-0.2, 0) is 11.2 Å². The summed E-state index contributed by atoms with van der Waals surface area (Å²) in [6, 6.07) is 3.91. The first-order valence-electron chi connectivity index (χ1n) is 3.84. The van der Waals surface area contributed by atoms with E-state index in [4.69, 9.17) is 9.94 Å². The molecule has 1 heterocycles. The van der Waals surface area contributed by atoms with Gasteiger partial charge < -0.3 is 9.94 Å². The van der Waals surface area contributed by atoms with Crippen LogP contribution < -0.4 is 0 Å². The first-order chi connectivity index (χ1) is 6.36. The molecule has 0 aliphatic rings. The maximum Gasteiger partial charge on any atom is 0.231 e. The van der Waals surface area contributed by atoms with Crippen LogP contribution in [0.1, 0.15) is 4.88 Å². The minimum Gasteiger partial charge on any atom is -0.474 e. The van der Waals surface area contributed by atoms with Crippen LogP contribution in [0.25, 0.3) is 0 Å². The monoisotopic (exact) mass is 197 g/mol. The molecule has 3 nitrogen and oxygen atoms in total. The lowest BCUT2D eigenvalue weighted by Crippen LogP contribution is -2.07. The fourth-order valence-corrected chi connectivity index (χ4v) is 1.53. The zero-order valence-electron chi connectivity index (χ0n) is 7.14. The Morgan fingerprint density at radius 1 is 1.77 bits per heavy atom. The number of hydrogen-bond acceptors (Lipinski definition) is 4. The lowest BCUT2D eigenvalue weighted by molar-refractivity contribution is 0.268. The van der Waals surface area contributed by atoms with Crippen molar-refractivity contribution < 1.29 is 9.94 Å². The number of rotatable bonds is 4. The molecule has 0 aliphatic heterocycles. The predicted molar refractivity (Wildman–Crippen MR) is 53.4 cm³/mol. The van der Waals surface area contributed by atoms with Gasteiger partial charge in [0.05, 0.1) is 6.42 Å². The minimum atomic E-state index is 0.322. The van der Waals surface area contributed by atoms with Crippen LogP contribution in [0.15, 0.2) is 35.3 Å². The molecule has 4 heteroatoms. The SMILES string of the molecule is C=CCOC(Cc1cccs1)=NO. The van der Waals surface area contributed by atoms with Gasteiger partial charge in [0.1, 0.15) is 6.61 Å². The van der Waals surface area contributed by atoms with Crippen molar-refractivity contribution in [2.45, 2.75) is 6.42 Å². The lowest BCUT2D eigenvalue weighted by atomic mass is 10.3. The molecule has 1 rings (SSSR count). The fraction of sp³-hybridized carbons (Fsp3) is 0.222. The number of ether oxygens (including phenoxy) is 1. The van der Waals surface area contributed by atoms with E-state index < -0.39 is 0 Å². The Morgan fingerprint density at radius 2 is 2.62 bits per heavy atom. The Labute approximate surface area is 81.0 Å². The molecule has 0 radical (unpaired) electrons. The summed E-state index contributed by atoms with van der Waals surface area (Å²) in [5, 5.41) is 13.6. The standard InChI is InChI=1S/C9H11NO2S/c1-2-5-12-9(10-11)7-8-4-3-6-13-8/h2-4,6,11H,1,5,7H2. The van der Waals surface area contributed by atoms with E-state index in [1.54, 1.807) is 17.4 Å². The average molecular weight is 197 g/mol. The number of oxime groups is 1. The first-order valence-corrected chi connectivity index (χ1v) is 4.71. The Bertz CT molecular complexity index is 280. The molecule has 0 fully saturated rings. The van der Waals surface area contributed by atoms with Crippen LogP contribution in [0, 0.1) is 0 Å². The second kappa shape index (κ2) is 5.37. The first kappa shape index (κ1) is 9.80. The van der Waals surface area contributed by atoms with Gasteiger partial charge in [-0.3, -0.25) is 0 Å². The van der Waals surface area contributed by atoms with Gasteiger partial charge in [0.2, 0.25) is 5.90 Å². The second-order valence-corrected chi connectivity index (χ2v) is 3.38. The second-order valence-electron chi connectivity index (χ2n) is 2.35. The predicted octanol–water partition coefficient (Wildman–Crippen LogP) is 2.28. The summed E-state index contributed by atoms with van der Waals surface area (Å²) in [7, 11) is 0. The van der Waals surface area contributed by atoms with E-state index in [9.17, 15) is 0 Å². The molecule has 1 N–H and O–H groups in total. The van der Waals surface area contributed by atoms with Crippen molar-refractivity contribution in [3.63, 3.8) is 0 Å². The Hall–Kier alpha value is -1.29. The molecule has 70 valence electrons. The molecule has 1 aromatic heterocycles. The van der Waals surface area contributed by atoms with E-state index in [1.807, 2.05) is 17.5 Å². The number of nitrogens with zero attached hydrogens (tertiary/aromatic N) is 1. The van der Waals surface area contributed by atoms with Gasteiger partial charge in [-0.05, 0) is 11.4 Å². The van der Waals surface area contributed by atoms with Gasteiger partial charge in [-0.25, -0.2) is 0 Å². The van der Waals surface area contributed by atoms with Crippen molar-refractivity contribution in [1.82, 2.24) is 0 Å². The summed E-state index contributed by atoms with van der Waals surface area (Å²) in [6.07, 6.45) is 2.14. The van der Waals surface area contributed by atoms with Crippen molar-refractivity contribution in [3.05, 3.63) is 35.0 Å². The summed E-state index contributed by atoms with van der Waals surface area (Å²) in [6.45, 7) is 3.87. The third-order valence-corrected chi connectivity index (χ3v) is 2.26. The van der Waals surface area contributed by atoms with Crippen molar-refractivity contribution in [3.8, 4) is 0 Å². The minimum absolute atomic E-state index is 0.322. The van der Waals surface area contributed by atoms with E-state index in [-0.39, 0.29) is 0 Å². The fourth-order valence-electron chi connectivity index (χ4n) is 0.833. The number of hydrogen-bond donors (Lipinski definition) is 1. The summed E-state index contributed by atoms with van der Waals surface area (Å²) in [5.74, 6) is 0.322. The average Bonchev–Trinajstić information content (AvgIpc) is 2.64. The quantitative estimate of drug-likeness (QED) is 0.264. The van der Waals surface area contributed by atoms with Gasteiger partial charge in [-0.15, -0.1) is 11.3 Å². The molecule has 0 unspecified atom stereocenters. The van der Waals surface area contributed by atoms with Crippen molar-refractivity contribution in [2.75, 3.05) is 6.61 Å². The van der Waals surface area contributed by atoms with Crippen LogP contribution >= 0.6 is 11.3 Å². The Morgan fingerprint density at radius 3 is 3.15 bits per heavy atom. The maximum absolute atomic E-state index is 8.58. The maximum atomic E-state index is 8.58. The van der Waals surface area contributed by atoms with Gasteiger partial charge in [-0.1, -0.05) is 23.9 Å². The van der Waals surface area contributed by atoms with E-state index in [0.29, 0.717) is 18.9 Å². The van der Waals surface area contributed by atoms with Gasteiger partial charge in [-0.2, -0.15) is 0 Å². The molecule has 0 spiro atoms. The van der Waals surface area contributed by atoms with Crippen LogP contribution in [0.2, 0.25) is 0 Å². The third-order valence-electron chi connectivity index (χ3n) is 1.38. The highest BCUT2D eigenvalue weighted by atomic mass is 32.1. The molecule has 0 saturated carbocycles. The van der Waals surface area contributed by atoms with Gasteiger partial charge >= 0.3 is 0 Å². The summed E-state index contributed by atoms with van der Waals surface area (Å²) >= 11 is 1.60. The molecule has 0 atom stereocenters. The summed E-state index contributed by atoms with van der Waals surface area (Å²) < 4.78 is 5.10. The van der Waals surface area contributed by atoms with Crippen LogP contribution in [0.4, 0.5) is 0 Å².